The molecule has 13 heteroatoms. The summed E-state index contributed by atoms with van der Waals surface area (Å²) in [5.41, 5.74) is 2.10. The molecule has 0 atom stereocenters. The molecule has 5 aromatic rings. The molecule has 0 radical (unpaired) electrons. The van der Waals surface area contributed by atoms with Gasteiger partial charge in [-0.05, 0) is 67.7 Å². The normalized spacial score (nSPS) is 13.2. The lowest BCUT2D eigenvalue weighted by molar-refractivity contribution is 0.455. The summed E-state index contributed by atoms with van der Waals surface area (Å²) in [6.45, 7) is 2.05. The molecule has 1 aliphatic rings. The SMILES string of the molecule is Cl.Cl.Cl.Fc1ccc(Oc2cc(Sc3ccnc4ccsc34)cnc2Nc2nc(C3CCNCC3)cs2)cc1. The lowest BCUT2D eigenvalue weighted by Crippen LogP contribution is -2.26. The van der Waals surface area contributed by atoms with Gasteiger partial charge in [-0.1, -0.05) is 11.8 Å². The third-order valence-electron chi connectivity index (χ3n) is 5.91. The molecule has 0 spiro atoms. The molecule has 39 heavy (non-hydrogen) atoms. The van der Waals surface area contributed by atoms with Gasteiger partial charge < -0.3 is 15.4 Å². The van der Waals surface area contributed by atoms with Gasteiger partial charge in [-0.2, -0.15) is 0 Å². The largest absolute Gasteiger partial charge is 0.453 e. The van der Waals surface area contributed by atoms with E-state index in [1.165, 1.54) is 12.1 Å². The van der Waals surface area contributed by atoms with E-state index in [4.69, 9.17) is 9.72 Å². The number of rotatable bonds is 7. The molecule has 4 aromatic heterocycles. The highest BCUT2D eigenvalue weighted by Crippen LogP contribution is 2.40. The summed E-state index contributed by atoms with van der Waals surface area (Å²) in [4.78, 5) is 16.0. The number of hydrogen-bond donors (Lipinski definition) is 2. The van der Waals surface area contributed by atoms with E-state index in [1.54, 1.807) is 46.6 Å². The Labute approximate surface area is 256 Å². The minimum Gasteiger partial charge on any atom is -0.453 e. The van der Waals surface area contributed by atoms with Gasteiger partial charge in [-0.3, -0.25) is 4.98 Å². The molecule has 6 nitrogen and oxygen atoms in total. The van der Waals surface area contributed by atoms with Gasteiger partial charge >= 0.3 is 0 Å². The summed E-state index contributed by atoms with van der Waals surface area (Å²) in [6, 6.07) is 11.9. The molecule has 1 aromatic carbocycles. The van der Waals surface area contributed by atoms with Gasteiger partial charge in [0.2, 0.25) is 0 Å². The average molecular weight is 645 g/mol. The molecule has 1 aliphatic heterocycles. The Morgan fingerprint density at radius 2 is 1.79 bits per heavy atom. The van der Waals surface area contributed by atoms with E-state index in [0.717, 1.165) is 56.8 Å². The van der Waals surface area contributed by atoms with Crippen molar-refractivity contribution in [2.24, 2.45) is 0 Å². The zero-order valence-electron chi connectivity index (χ0n) is 20.3. The fourth-order valence-corrected chi connectivity index (χ4v) is 6.76. The van der Waals surface area contributed by atoms with Gasteiger partial charge in [0.15, 0.2) is 16.7 Å². The van der Waals surface area contributed by atoms with E-state index >= 15 is 0 Å². The molecule has 0 bridgehead atoms. The summed E-state index contributed by atoms with van der Waals surface area (Å²) in [7, 11) is 0. The van der Waals surface area contributed by atoms with E-state index in [-0.39, 0.29) is 43.0 Å². The van der Waals surface area contributed by atoms with Gasteiger partial charge in [0.05, 0.1) is 15.9 Å². The molecule has 0 aliphatic carbocycles. The first kappa shape index (κ1) is 31.3. The van der Waals surface area contributed by atoms with Gasteiger partial charge in [-0.25, -0.2) is 14.4 Å². The predicted molar refractivity (Wildman–Crippen MR) is 166 cm³/mol. The van der Waals surface area contributed by atoms with E-state index < -0.39 is 0 Å². The summed E-state index contributed by atoms with van der Waals surface area (Å²) in [6.07, 6.45) is 5.84. The predicted octanol–water partition coefficient (Wildman–Crippen LogP) is 8.71. The number of halogens is 4. The van der Waals surface area contributed by atoms with E-state index in [2.05, 4.69) is 26.0 Å². The number of nitrogens with zero attached hydrogens (tertiary/aromatic N) is 3. The lowest BCUT2D eigenvalue weighted by Gasteiger charge is -2.20. The second-order valence-corrected chi connectivity index (χ2v) is 11.2. The van der Waals surface area contributed by atoms with Crippen LogP contribution >= 0.6 is 71.7 Å². The van der Waals surface area contributed by atoms with Crippen molar-refractivity contribution in [2.45, 2.75) is 28.6 Å². The molecule has 2 N–H and O–H groups in total. The smallest absolute Gasteiger partial charge is 0.188 e. The van der Waals surface area contributed by atoms with Crippen molar-refractivity contribution in [1.29, 1.82) is 0 Å². The molecule has 6 rings (SSSR count). The number of pyridine rings is 2. The van der Waals surface area contributed by atoms with Gasteiger partial charge in [0.1, 0.15) is 11.6 Å². The Hall–Kier alpha value is -2.18. The van der Waals surface area contributed by atoms with Crippen LogP contribution in [0.4, 0.5) is 15.3 Å². The van der Waals surface area contributed by atoms with Crippen LogP contribution in [0.3, 0.4) is 0 Å². The molecular formula is C26H25Cl3FN5OS3. The third-order valence-corrected chi connectivity index (χ3v) is 8.77. The summed E-state index contributed by atoms with van der Waals surface area (Å²) >= 11 is 4.84. The molecule has 0 unspecified atom stereocenters. The number of fused-ring (bicyclic) bond motifs is 1. The topological polar surface area (TPSA) is 72.0 Å². The van der Waals surface area contributed by atoms with Crippen LogP contribution in [0, 0.1) is 5.82 Å². The number of ether oxygens (including phenoxy) is 1. The molecule has 206 valence electrons. The second kappa shape index (κ2) is 14.5. The van der Waals surface area contributed by atoms with Crippen LogP contribution in [0.2, 0.25) is 0 Å². The van der Waals surface area contributed by atoms with Crippen molar-refractivity contribution < 1.29 is 9.13 Å². The van der Waals surface area contributed by atoms with Crippen LogP contribution in [-0.2, 0) is 0 Å². The third kappa shape index (κ3) is 7.52. The molecule has 1 fully saturated rings. The zero-order chi connectivity index (χ0) is 24.3. The first-order chi connectivity index (χ1) is 17.7. The van der Waals surface area contributed by atoms with Crippen molar-refractivity contribution >= 4 is 92.8 Å². The quantitative estimate of drug-likeness (QED) is 0.184. The molecule has 0 amide bonds. The number of nitrogens with one attached hydrogen (secondary N) is 2. The average Bonchev–Trinajstić information content (AvgIpc) is 3.58. The number of hydrogen-bond acceptors (Lipinski definition) is 9. The lowest BCUT2D eigenvalue weighted by atomic mass is 9.96. The van der Waals surface area contributed by atoms with Crippen molar-refractivity contribution in [1.82, 2.24) is 20.3 Å². The van der Waals surface area contributed by atoms with Crippen LogP contribution in [-0.4, -0.2) is 28.0 Å². The number of thiophene rings is 1. The first-order valence-corrected chi connectivity index (χ1v) is 14.2. The Morgan fingerprint density at radius 3 is 2.59 bits per heavy atom. The summed E-state index contributed by atoms with van der Waals surface area (Å²) < 4.78 is 20.8. The van der Waals surface area contributed by atoms with Crippen LogP contribution in [0.5, 0.6) is 11.5 Å². The standard InChI is InChI=1S/C26H22FN5OS3.3ClH/c27-17-1-3-18(4-2-17)33-22-13-19(36-23-7-11-29-20-8-12-34-24(20)23)14-30-25(22)32-26-31-21(15-35-26)16-5-9-28-10-6-16;;;/h1-4,7-8,11-16,28H,5-6,9-10H2,(H,30,31,32);3*1H. The summed E-state index contributed by atoms with van der Waals surface area (Å²) in [5, 5.41) is 11.7. The van der Waals surface area contributed by atoms with Crippen molar-refractivity contribution in [3.8, 4) is 11.5 Å². The fraction of sp³-hybridized carbons (Fsp3) is 0.192. The van der Waals surface area contributed by atoms with Gasteiger partial charge in [0.25, 0.3) is 0 Å². The van der Waals surface area contributed by atoms with Crippen molar-refractivity contribution in [2.75, 3.05) is 18.4 Å². The van der Waals surface area contributed by atoms with Crippen LogP contribution in [0.25, 0.3) is 10.2 Å². The Morgan fingerprint density at radius 1 is 1.00 bits per heavy atom. The highest BCUT2D eigenvalue weighted by Gasteiger charge is 2.19. The van der Waals surface area contributed by atoms with Crippen molar-refractivity contribution in [3.63, 3.8) is 0 Å². The van der Waals surface area contributed by atoms with E-state index in [1.807, 2.05) is 36.0 Å². The Kier molecular flexibility index (Phi) is 11.6. The highest BCUT2D eigenvalue weighted by molar-refractivity contribution is 7.99. The fourth-order valence-electron chi connectivity index (χ4n) is 4.09. The second-order valence-electron chi connectivity index (χ2n) is 8.35. The minimum absolute atomic E-state index is 0. The number of piperidine rings is 1. The molecule has 5 heterocycles. The maximum absolute atomic E-state index is 13.5. The number of anilines is 2. The number of thiazole rings is 1. The first-order valence-electron chi connectivity index (χ1n) is 11.6. The highest BCUT2D eigenvalue weighted by atomic mass is 35.5. The minimum atomic E-state index is -0.311. The Bertz CT molecular complexity index is 1500. The van der Waals surface area contributed by atoms with E-state index in [9.17, 15) is 4.39 Å². The maximum atomic E-state index is 13.5. The monoisotopic (exact) mass is 643 g/mol. The van der Waals surface area contributed by atoms with Gasteiger partial charge in [-0.15, -0.1) is 59.9 Å². The van der Waals surface area contributed by atoms with Crippen LogP contribution < -0.4 is 15.4 Å². The van der Waals surface area contributed by atoms with Gasteiger partial charge in [0, 0.05) is 39.5 Å². The number of aromatic nitrogens is 3. The summed E-state index contributed by atoms with van der Waals surface area (Å²) in [5.74, 6) is 1.80. The van der Waals surface area contributed by atoms with Crippen LogP contribution in [0.1, 0.15) is 24.5 Å². The maximum Gasteiger partial charge on any atom is 0.188 e. The number of benzene rings is 1. The van der Waals surface area contributed by atoms with Crippen molar-refractivity contribution in [3.05, 3.63) is 77.1 Å². The Balaban J connectivity index is 0.00000140. The molecule has 1 saturated heterocycles. The van der Waals surface area contributed by atoms with Crippen LogP contribution in [0.15, 0.2) is 75.4 Å². The van der Waals surface area contributed by atoms with E-state index in [0.29, 0.717) is 23.2 Å². The molecule has 0 saturated carbocycles. The molecular weight excluding hydrogens is 620 g/mol. The zero-order valence-corrected chi connectivity index (χ0v) is 25.2.